The SMILES string of the molecule is CC(=C[C-]=O)/C=C/C=C(C)/C=C/C1=C(C)CCCC1(C)C.[CH3-].[U+2]. The molecule has 0 fully saturated rings. The summed E-state index contributed by atoms with van der Waals surface area (Å²) in [6.45, 7) is 10.9. The molecule has 124 valence electrons. The van der Waals surface area contributed by atoms with Crippen molar-refractivity contribution in [3.05, 3.63) is 66.2 Å². The summed E-state index contributed by atoms with van der Waals surface area (Å²) in [6.07, 6.45) is 17.4. The molecule has 1 nitrogen and oxygen atoms in total. The van der Waals surface area contributed by atoms with Crippen LogP contribution in [0, 0.1) is 44.0 Å². The summed E-state index contributed by atoms with van der Waals surface area (Å²) in [4.78, 5) is 10.2. The Kier molecular flexibility index (Phi) is 12.7. The van der Waals surface area contributed by atoms with Crippen molar-refractivity contribution in [3.63, 3.8) is 0 Å². The van der Waals surface area contributed by atoms with Gasteiger partial charge in [-0.3, -0.25) is 0 Å². The smallest absolute Gasteiger partial charge is 0.419 e. The van der Waals surface area contributed by atoms with Gasteiger partial charge in [-0.1, -0.05) is 49.3 Å². The molecule has 0 unspecified atom stereocenters. The average Bonchev–Trinajstić information content (AvgIpc) is 2.37. The van der Waals surface area contributed by atoms with E-state index in [0.29, 0.717) is 0 Å². The standard InChI is InChI=1S/C20H27O.CH3.U/c1-16(8-6-9-17(2)13-15-21)11-12-19-18(3)10-7-14-20(19,4)5;;/h6,8-9,11-13H,7,10,14H2,1-5H3;1H3;/q2*-1;+2/b9-6+,12-11+,16-8+,17-13?;;. The normalized spacial score (nSPS) is 18.8. The third kappa shape index (κ3) is 8.73. The fourth-order valence-electron chi connectivity index (χ4n) is 2.77. The Morgan fingerprint density at radius 3 is 2.39 bits per heavy atom. The van der Waals surface area contributed by atoms with Crippen LogP contribution in [0.25, 0.3) is 0 Å². The van der Waals surface area contributed by atoms with E-state index in [1.54, 1.807) is 6.29 Å². The van der Waals surface area contributed by atoms with Crippen LogP contribution >= 0.6 is 0 Å². The van der Waals surface area contributed by atoms with Crippen LogP contribution in [-0.2, 0) is 4.79 Å². The number of hydrogen-bond donors (Lipinski definition) is 0. The van der Waals surface area contributed by atoms with Gasteiger partial charge in [-0.25, -0.2) is 0 Å². The molecule has 0 saturated heterocycles. The first-order valence-electron chi connectivity index (χ1n) is 7.64. The van der Waals surface area contributed by atoms with Gasteiger partial charge in [0.05, 0.1) is 0 Å². The molecule has 0 radical (unpaired) electrons. The van der Waals surface area contributed by atoms with Gasteiger partial charge in [-0.05, 0) is 50.4 Å². The molecule has 0 aliphatic heterocycles. The van der Waals surface area contributed by atoms with Crippen molar-refractivity contribution in [2.45, 2.75) is 53.9 Å². The van der Waals surface area contributed by atoms with Crippen LogP contribution in [0.1, 0.15) is 53.9 Å². The van der Waals surface area contributed by atoms with Crippen LogP contribution in [0.5, 0.6) is 0 Å². The number of carbonyl (C=O) groups excluding carboxylic acids is 1. The minimum Gasteiger partial charge on any atom is -0.419 e. The van der Waals surface area contributed by atoms with E-state index in [4.69, 9.17) is 0 Å². The summed E-state index contributed by atoms with van der Waals surface area (Å²) < 4.78 is 0. The molecule has 2 heteroatoms. The molecular weight excluding hydrogens is 506 g/mol. The molecule has 1 rings (SSSR count). The minimum absolute atomic E-state index is 0. The van der Waals surface area contributed by atoms with Gasteiger partial charge < -0.3 is 12.2 Å². The maximum atomic E-state index is 10.2. The van der Waals surface area contributed by atoms with Crippen LogP contribution in [0.4, 0.5) is 0 Å². The second-order valence-electron chi connectivity index (χ2n) is 6.54. The van der Waals surface area contributed by atoms with E-state index in [1.807, 2.05) is 19.1 Å². The molecule has 0 atom stereocenters. The monoisotopic (exact) mass is 536 g/mol. The first-order chi connectivity index (χ1) is 9.86. The third-order valence-electron chi connectivity index (χ3n) is 4.06. The zero-order valence-corrected chi connectivity index (χ0v) is 19.7. The van der Waals surface area contributed by atoms with Crippen LogP contribution in [0.15, 0.2) is 58.7 Å². The zero-order chi connectivity index (χ0) is 15.9. The minimum atomic E-state index is 0. The molecule has 0 saturated carbocycles. The van der Waals surface area contributed by atoms with E-state index in [0.717, 1.165) is 5.57 Å². The number of allylic oxidation sites excluding steroid dienone is 10. The summed E-state index contributed by atoms with van der Waals surface area (Å²) in [6, 6.07) is 0. The molecule has 0 spiro atoms. The molecule has 1 aliphatic rings. The van der Waals surface area contributed by atoms with Gasteiger partial charge in [-0.2, -0.15) is 11.6 Å². The quantitative estimate of drug-likeness (QED) is 0.237. The van der Waals surface area contributed by atoms with Gasteiger partial charge >= 0.3 is 31.1 Å². The third-order valence-corrected chi connectivity index (χ3v) is 4.06. The molecule has 0 aromatic heterocycles. The van der Waals surface area contributed by atoms with Crippen LogP contribution in [-0.4, -0.2) is 6.29 Å². The predicted molar refractivity (Wildman–Crippen MR) is 98.2 cm³/mol. The average molecular weight is 536 g/mol. The largest absolute Gasteiger partial charge is 2.00 e. The Morgan fingerprint density at radius 1 is 1.17 bits per heavy atom. The van der Waals surface area contributed by atoms with Crippen molar-refractivity contribution in [1.29, 1.82) is 0 Å². The maximum absolute atomic E-state index is 10.2. The summed E-state index contributed by atoms with van der Waals surface area (Å²) in [5.41, 5.74) is 5.40. The van der Waals surface area contributed by atoms with E-state index in [1.165, 1.54) is 42.1 Å². The Bertz CT molecular complexity index is 528. The molecule has 0 aromatic carbocycles. The Hall–Kier alpha value is -0.578. The molecule has 0 aromatic rings. The molecule has 0 N–H and O–H groups in total. The first kappa shape index (κ1) is 24.7. The van der Waals surface area contributed by atoms with Gasteiger partial charge in [0.15, 0.2) is 0 Å². The van der Waals surface area contributed by atoms with Gasteiger partial charge in [0.1, 0.15) is 0 Å². The van der Waals surface area contributed by atoms with Gasteiger partial charge in [0.2, 0.25) is 0 Å². The van der Waals surface area contributed by atoms with E-state index in [2.05, 4.69) is 45.9 Å². The van der Waals surface area contributed by atoms with Crippen molar-refractivity contribution in [3.8, 4) is 0 Å². The first-order valence-corrected chi connectivity index (χ1v) is 7.64. The van der Waals surface area contributed by atoms with Crippen molar-refractivity contribution < 1.29 is 35.9 Å². The number of hydrogen-bond acceptors (Lipinski definition) is 1. The molecule has 0 amide bonds. The summed E-state index contributed by atoms with van der Waals surface area (Å²) in [5.74, 6) is 0. The van der Waals surface area contributed by atoms with E-state index in [9.17, 15) is 4.79 Å². The van der Waals surface area contributed by atoms with Crippen molar-refractivity contribution >= 4 is 6.29 Å². The zero-order valence-electron chi connectivity index (χ0n) is 15.5. The Morgan fingerprint density at radius 2 is 1.83 bits per heavy atom. The van der Waals surface area contributed by atoms with Crippen LogP contribution in [0.3, 0.4) is 0 Å². The maximum Gasteiger partial charge on any atom is 2.00 e. The molecule has 0 heterocycles. The fourth-order valence-corrected chi connectivity index (χ4v) is 2.77. The second kappa shape index (κ2) is 11.9. The Balaban J connectivity index is 0. The van der Waals surface area contributed by atoms with E-state index < -0.39 is 0 Å². The van der Waals surface area contributed by atoms with Crippen molar-refractivity contribution in [2.24, 2.45) is 5.41 Å². The molecule has 1 aliphatic carbocycles. The van der Waals surface area contributed by atoms with Gasteiger partial charge in [0, 0.05) is 0 Å². The van der Waals surface area contributed by atoms with Crippen LogP contribution < -0.4 is 0 Å². The van der Waals surface area contributed by atoms with Crippen molar-refractivity contribution in [2.75, 3.05) is 0 Å². The predicted octanol–water partition coefficient (Wildman–Crippen LogP) is 6.08. The van der Waals surface area contributed by atoms with E-state index >= 15 is 0 Å². The summed E-state index contributed by atoms with van der Waals surface area (Å²) in [7, 11) is 0. The van der Waals surface area contributed by atoms with Crippen molar-refractivity contribution in [1.82, 2.24) is 0 Å². The van der Waals surface area contributed by atoms with Crippen LogP contribution in [0.2, 0.25) is 0 Å². The molecular formula is C21H30OU. The van der Waals surface area contributed by atoms with Gasteiger partial charge in [-0.15, -0.1) is 13.0 Å². The summed E-state index contributed by atoms with van der Waals surface area (Å²) in [5, 5.41) is 0. The molecule has 23 heavy (non-hydrogen) atoms. The van der Waals surface area contributed by atoms with E-state index in [-0.39, 0.29) is 44.0 Å². The molecule has 0 bridgehead atoms. The van der Waals surface area contributed by atoms with Gasteiger partial charge in [0.25, 0.3) is 0 Å². The topological polar surface area (TPSA) is 17.1 Å². The Labute approximate surface area is 167 Å². The second-order valence-corrected chi connectivity index (χ2v) is 6.54. The summed E-state index contributed by atoms with van der Waals surface area (Å²) >= 11 is 0. The number of rotatable bonds is 5. The fraction of sp³-hybridized carbons (Fsp3) is 0.429.